The topological polar surface area (TPSA) is 25.8 Å². The minimum Gasteiger partial charge on any atom is -0.256 e. The zero-order valence-corrected chi connectivity index (χ0v) is 12.8. The minimum absolute atomic E-state index is 1.07. The summed E-state index contributed by atoms with van der Waals surface area (Å²) in [7, 11) is 0. The summed E-state index contributed by atoms with van der Waals surface area (Å²) >= 11 is 0. The normalized spacial score (nSPS) is 10.3. The number of pyridine rings is 2. The Hall–Kier alpha value is -2.74. The zero-order chi connectivity index (χ0) is 15.4. The lowest BCUT2D eigenvalue weighted by Crippen LogP contribution is -1.78. The second-order valence-electron chi connectivity index (χ2n) is 5.40. The van der Waals surface area contributed by atoms with E-state index in [1.807, 2.05) is 42.7 Å². The van der Waals surface area contributed by atoms with Gasteiger partial charge in [-0.1, -0.05) is 35.9 Å². The summed E-state index contributed by atoms with van der Waals surface area (Å²) in [5.74, 6) is 0. The highest BCUT2D eigenvalue weighted by Crippen LogP contribution is 2.12. The van der Waals surface area contributed by atoms with Gasteiger partial charge in [0.2, 0.25) is 0 Å². The second-order valence-corrected chi connectivity index (χ2v) is 5.40. The van der Waals surface area contributed by atoms with E-state index < -0.39 is 0 Å². The van der Waals surface area contributed by atoms with Gasteiger partial charge in [-0.15, -0.1) is 0 Å². The number of nitrogens with zero attached hydrogens (tertiary/aromatic N) is 2. The van der Waals surface area contributed by atoms with Crippen LogP contribution in [0, 0.1) is 13.8 Å². The van der Waals surface area contributed by atoms with Gasteiger partial charge in [0.15, 0.2) is 0 Å². The Balaban J connectivity index is 0.000000131. The lowest BCUT2D eigenvalue weighted by atomic mass is 10.1. The predicted molar refractivity (Wildman–Crippen MR) is 93.0 cm³/mol. The average molecular weight is 286 g/mol. The predicted octanol–water partition coefficient (Wildman–Crippen LogP) is 5.09. The molecule has 0 bridgehead atoms. The number of fused-ring (bicyclic) bond motifs is 2. The zero-order valence-electron chi connectivity index (χ0n) is 12.8. The lowest BCUT2D eigenvalue weighted by Gasteiger charge is -1.95. The van der Waals surface area contributed by atoms with Gasteiger partial charge in [0.05, 0.1) is 11.0 Å². The molecule has 22 heavy (non-hydrogen) atoms. The summed E-state index contributed by atoms with van der Waals surface area (Å²) in [4.78, 5) is 8.50. The van der Waals surface area contributed by atoms with E-state index in [4.69, 9.17) is 0 Å². The highest BCUT2D eigenvalue weighted by molar-refractivity contribution is 5.79. The van der Waals surface area contributed by atoms with Gasteiger partial charge in [-0.05, 0) is 49.7 Å². The summed E-state index contributed by atoms with van der Waals surface area (Å²) in [6, 6.07) is 20.6. The molecule has 0 saturated carbocycles. The lowest BCUT2D eigenvalue weighted by molar-refractivity contribution is 1.33. The maximum Gasteiger partial charge on any atom is 0.0702 e. The Morgan fingerprint density at radius 1 is 0.636 bits per heavy atom. The fraction of sp³-hybridized carbons (Fsp3) is 0.100. The quantitative estimate of drug-likeness (QED) is 0.450. The molecule has 2 heterocycles. The first kappa shape index (κ1) is 14.2. The van der Waals surface area contributed by atoms with Crippen molar-refractivity contribution in [3.8, 4) is 0 Å². The van der Waals surface area contributed by atoms with E-state index >= 15 is 0 Å². The molecule has 0 aliphatic carbocycles. The summed E-state index contributed by atoms with van der Waals surface area (Å²) in [5.41, 5.74) is 4.63. The van der Waals surface area contributed by atoms with Crippen LogP contribution in [0.2, 0.25) is 0 Å². The van der Waals surface area contributed by atoms with Gasteiger partial charge in [-0.25, -0.2) is 0 Å². The summed E-state index contributed by atoms with van der Waals surface area (Å²) in [5, 5.41) is 2.43. The molecule has 2 nitrogen and oxygen atoms in total. The van der Waals surface area contributed by atoms with Crippen molar-refractivity contribution >= 4 is 21.8 Å². The maximum atomic E-state index is 4.28. The Morgan fingerprint density at radius 2 is 1.32 bits per heavy atom. The van der Waals surface area contributed by atoms with Crippen LogP contribution in [0.15, 0.2) is 73.1 Å². The van der Waals surface area contributed by atoms with E-state index in [9.17, 15) is 0 Å². The number of hydrogen-bond donors (Lipinski definition) is 0. The van der Waals surface area contributed by atoms with E-state index in [1.165, 1.54) is 21.9 Å². The third kappa shape index (κ3) is 3.29. The van der Waals surface area contributed by atoms with Crippen LogP contribution in [0.4, 0.5) is 0 Å². The van der Waals surface area contributed by atoms with Crippen molar-refractivity contribution in [1.82, 2.24) is 9.97 Å². The molecule has 0 aliphatic rings. The molecule has 0 saturated heterocycles. The third-order valence-electron chi connectivity index (χ3n) is 3.49. The molecular formula is C20H18N2. The fourth-order valence-electron chi connectivity index (χ4n) is 2.38. The monoisotopic (exact) mass is 286 g/mol. The van der Waals surface area contributed by atoms with Crippen molar-refractivity contribution in [2.45, 2.75) is 13.8 Å². The number of benzene rings is 2. The Bertz CT molecular complexity index is 836. The van der Waals surface area contributed by atoms with Crippen molar-refractivity contribution in [1.29, 1.82) is 0 Å². The molecule has 0 radical (unpaired) electrons. The van der Waals surface area contributed by atoms with Gasteiger partial charge in [-0.2, -0.15) is 0 Å². The summed E-state index contributed by atoms with van der Waals surface area (Å²) in [6.07, 6.45) is 3.71. The number of aryl methyl sites for hydroxylation is 2. The molecule has 2 heteroatoms. The number of para-hydroxylation sites is 1. The summed E-state index contributed by atoms with van der Waals surface area (Å²) in [6.45, 7) is 4.14. The molecule has 0 atom stereocenters. The van der Waals surface area contributed by atoms with Crippen molar-refractivity contribution < 1.29 is 0 Å². The number of aromatic nitrogens is 2. The van der Waals surface area contributed by atoms with Crippen LogP contribution in [0.3, 0.4) is 0 Å². The molecule has 0 N–H and O–H groups in total. The van der Waals surface area contributed by atoms with Crippen LogP contribution in [0.5, 0.6) is 0 Å². The Morgan fingerprint density at radius 3 is 2.18 bits per heavy atom. The SMILES string of the molecule is Cc1ccc2ncccc2c1.Cc1cnc2ccccc2c1. The molecule has 0 aliphatic heterocycles. The maximum absolute atomic E-state index is 4.28. The molecule has 2 aromatic carbocycles. The largest absolute Gasteiger partial charge is 0.256 e. The molecule has 108 valence electrons. The number of hydrogen-bond acceptors (Lipinski definition) is 2. The highest BCUT2D eigenvalue weighted by Gasteiger charge is 1.91. The molecule has 2 aromatic heterocycles. The van der Waals surface area contributed by atoms with Gasteiger partial charge in [-0.3, -0.25) is 9.97 Å². The fourth-order valence-corrected chi connectivity index (χ4v) is 2.38. The molecule has 4 aromatic rings. The Kier molecular flexibility index (Phi) is 4.10. The molecule has 4 rings (SSSR count). The van der Waals surface area contributed by atoms with Crippen molar-refractivity contribution in [2.75, 3.05) is 0 Å². The molecule has 0 unspecified atom stereocenters. The first-order chi connectivity index (χ1) is 10.7. The van der Waals surface area contributed by atoms with E-state index in [-0.39, 0.29) is 0 Å². The van der Waals surface area contributed by atoms with E-state index in [2.05, 4.69) is 54.1 Å². The second kappa shape index (κ2) is 6.35. The van der Waals surface area contributed by atoms with E-state index in [1.54, 1.807) is 0 Å². The number of rotatable bonds is 0. The van der Waals surface area contributed by atoms with Crippen LogP contribution in [0.25, 0.3) is 21.8 Å². The van der Waals surface area contributed by atoms with Crippen molar-refractivity contribution in [3.63, 3.8) is 0 Å². The van der Waals surface area contributed by atoms with Crippen LogP contribution in [-0.4, -0.2) is 9.97 Å². The van der Waals surface area contributed by atoms with E-state index in [0.717, 1.165) is 11.0 Å². The van der Waals surface area contributed by atoms with Gasteiger partial charge in [0, 0.05) is 23.2 Å². The highest BCUT2D eigenvalue weighted by atomic mass is 14.6. The molecular weight excluding hydrogens is 268 g/mol. The molecule has 0 amide bonds. The van der Waals surface area contributed by atoms with Crippen molar-refractivity contribution in [2.24, 2.45) is 0 Å². The standard InChI is InChI=1S/2C10H9N/c1-8-4-5-10-9(7-8)3-2-6-11-10;1-8-6-9-4-2-3-5-10(9)11-7-8/h2*2-7H,1H3. The van der Waals surface area contributed by atoms with Crippen LogP contribution in [0.1, 0.15) is 11.1 Å². The van der Waals surface area contributed by atoms with Crippen molar-refractivity contribution in [3.05, 3.63) is 84.2 Å². The van der Waals surface area contributed by atoms with E-state index in [0.29, 0.717) is 0 Å². The minimum atomic E-state index is 1.07. The smallest absolute Gasteiger partial charge is 0.0702 e. The average Bonchev–Trinajstić information content (AvgIpc) is 2.55. The van der Waals surface area contributed by atoms with Gasteiger partial charge >= 0.3 is 0 Å². The third-order valence-corrected chi connectivity index (χ3v) is 3.49. The Labute approximate surface area is 130 Å². The van der Waals surface area contributed by atoms with Crippen LogP contribution >= 0.6 is 0 Å². The summed E-state index contributed by atoms with van der Waals surface area (Å²) < 4.78 is 0. The van der Waals surface area contributed by atoms with Gasteiger partial charge < -0.3 is 0 Å². The van der Waals surface area contributed by atoms with Crippen LogP contribution in [-0.2, 0) is 0 Å². The van der Waals surface area contributed by atoms with Gasteiger partial charge in [0.25, 0.3) is 0 Å². The van der Waals surface area contributed by atoms with Gasteiger partial charge in [0.1, 0.15) is 0 Å². The molecule has 0 spiro atoms. The first-order valence-corrected chi connectivity index (χ1v) is 7.35. The molecule has 0 fully saturated rings. The first-order valence-electron chi connectivity index (χ1n) is 7.35. The van der Waals surface area contributed by atoms with Crippen LogP contribution < -0.4 is 0 Å².